The number of ether oxygens (including phenoxy) is 1. The molecule has 2 N–H and O–H groups in total. The molecule has 1 aliphatic heterocycles. The number of carboxylic acid groups (broad SMARTS) is 2. The fraction of sp³-hybridized carbons (Fsp3) is 0.303. The Kier molecular flexibility index (Phi) is 10.1. The lowest BCUT2D eigenvalue weighted by atomic mass is 9.91. The molecule has 0 aromatic heterocycles. The number of carbonyl (C=O) groups is 3. The topological polar surface area (TPSA) is 104 Å². The van der Waals surface area contributed by atoms with Crippen molar-refractivity contribution in [2.24, 2.45) is 5.92 Å². The van der Waals surface area contributed by atoms with Crippen molar-refractivity contribution in [3.05, 3.63) is 107 Å². The second kappa shape index (κ2) is 14.1. The molecule has 7 heteroatoms. The SMILES string of the molecule is O=C(O)c1ccc(CCC(/C=C/c2ccccc2OCCCN2CCCC2=O)Cc2ccc(C(=O)O)cc2)cc1. The summed E-state index contributed by atoms with van der Waals surface area (Å²) in [5.41, 5.74) is 3.60. The predicted molar refractivity (Wildman–Crippen MR) is 154 cm³/mol. The quantitative estimate of drug-likeness (QED) is 0.243. The van der Waals surface area contributed by atoms with Crippen molar-refractivity contribution in [3.8, 4) is 5.75 Å². The van der Waals surface area contributed by atoms with E-state index in [0.29, 0.717) is 19.6 Å². The molecule has 1 heterocycles. The van der Waals surface area contributed by atoms with E-state index in [2.05, 4.69) is 12.2 Å². The van der Waals surface area contributed by atoms with E-state index in [1.165, 1.54) is 0 Å². The second-order valence-corrected chi connectivity index (χ2v) is 10.1. The first-order chi connectivity index (χ1) is 19.4. The van der Waals surface area contributed by atoms with Gasteiger partial charge in [0.1, 0.15) is 5.75 Å². The number of rotatable bonds is 14. The number of hydrogen-bond donors (Lipinski definition) is 2. The van der Waals surface area contributed by atoms with Crippen molar-refractivity contribution in [2.45, 2.75) is 38.5 Å². The Labute approximate surface area is 234 Å². The van der Waals surface area contributed by atoms with Crippen LogP contribution < -0.4 is 4.74 Å². The van der Waals surface area contributed by atoms with E-state index in [4.69, 9.17) is 9.84 Å². The van der Waals surface area contributed by atoms with Crippen molar-refractivity contribution >= 4 is 23.9 Å². The van der Waals surface area contributed by atoms with Gasteiger partial charge in [-0.15, -0.1) is 0 Å². The lowest BCUT2D eigenvalue weighted by Gasteiger charge is -2.16. The molecule has 7 nitrogen and oxygen atoms in total. The van der Waals surface area contributed by atoms with Crippen LogP contribution in [0.15, 0.2) is 78.9 Å². The van der Waals surface area contributed by atoms with Crippen LogP contribution in [0.1, 0.15) is 63.1 Å². The fourth-order valence-electron chi connectivity index (χ4n) is 4.89. The van der Waals surface area contributed by atoms with Gasteiger partial charge in [0.15, 0.2) is 0 Å². The van der Waals surface area contributed by atoms with Gasteiger partial charge < -0.3 is 19.8 Å². The number of aryl methyl sites for hydroxylation is 1. The highest BCUT2D eigenvalue weighted by atomic mass is 16.5. The molecule has 1 atom stereocenters. The van der Waals surface area contributed by atoms with Crippen LogP contribution >= 0.6 is 0 Å². The Balaban J connectivity index is 1.43. The van der Waals surface area contributed by atoms with E-state index < -0.39 is 11.9 Å². The molecule has 0 spiro atoms. The van der Waals surface area contributed by atoms with Crippen LogP contribution in [0.2, 0.25) is 0 Å². The van der Waals surface area contributed by atoms with E-state index in [1.807, 2.05) is 53.4 Å². The average molecular weight is 542 g/mol. The molecule has 0 saturated carbocycles. The van der Waals surface area contributed by atoms with E-state index in [0.717, 1.165) is 61.1 Å². The van der Waals surface area contributed by atoms with Crippen molar-refractivity contribution < 1.29 is 29.3 Å². The zero-order valence-electron chi connectivity index (χ0n) is 22.5. The number of allylic oxidation sites excluding steroid dienone is 1. The summed E-state index contributed by atoms with van der Waals surface area (Å²) < 4.78 is 6.09. The number of likely N-dealkylation sites (tertiary alicyclic amines) is 1. The van der Waals surface area contributed by atoms with Gasteiger partial charge in [0.25, 0.3) is 0 Å². The maximum absolute atomic E-state index is 11.8. The van der Waals surface area contributed by atoms with Gasteiger partial charge in [-0.25, -0.2) is 9.59 Å². The Hall–Kier alpha value is -4.39. The number of para-hydroxylation sites is 1. The molecule has 208 valence electrons. The summed E-state index contributed by atoms with van der Waals surface area (Å²) in [7, 11) is 0. The zero-order chi connectivity index (χ0) is 28.3. The van der Waals surface area contributed by atoms with E-state index in [9.17, 15) is 19.5 Å². The minimum Gasteiger partial charge on any atom is -0.493 e. The molecule has 1 aliphatic rings. The first-order valence-electron chi connectivity index (χ1n) is 13.7. The van der Waals surface area contributed by atoms with Crippen LogP contribution in [0.5, 0.6) is 5.75 Å². The van der Waals surface area contributed by atoms with Crippen molar-refractivity contribution in [2.75, 3.05) is 19.7 Å². The third kappa shape index (κ3) is 8.30. The van der Waals surface area contributed by atoms with Crippen LogP contribution in [0.25, 0.3) is 6.08 Å². The zero-order valence-corrected chi connectivity index (χ0v) is 22.5. The monoisotopic (exact) mass is 541 g/mol. The molecule has 1 unspecified atom stereocenters. The fourth-order valence-corrected chi connectivity index (χ4v) is 4.89. The summed E-state index contributed by atoms with van der Waals surface area (Å²) in [5, 5.41) is 18.4. The van der Waals surface area contributed by atoms with Crippen molar-refractivity contribution in [3.63, 3.8) is 0 Å². The summed E-state index contributed by atoms with van der Waals surface area (Å²) >= 11 is 0. The van der Waals surface area contributed by atoms with Gasteiger partial charge in [0.05, 0.1) is 17.7 Å². The Morgan fingerprint density at radius 3 is 2.17 bits per heavy atom. The van der Waals surface area contributed by atoms with Gasteiger partial charge in [-0.2, -0.15) is 0 Å². The number of benzene rings is 3. The number of carboxylic acids is 2. The van der Waals surface area contributed by atoms with Crippen LogP contribution in [-0.4, -0.2) is 52.7 Å². The number of amides is 1. The van der Waals surface area contributed by atoms with Crippen LogP contribution in [0, 0.1) is 5.92 Å². The number of aromatic carboxylic acids is 2. The van der Waals surface area contributed by atoms with E-state index in [1.54, 1.807) is 24.3 Å². The largest absolute Gasteiger partial charge is 0.493 e. The summed E-state index contributed by atoms with van der Waals surface area (Å²) in [6, 6.07) is 21.8. The van der Waals surface area contributed by atoms with Crippen molar-refractivity contribution in [1.29, 1.82) is 0 Å². The smallest absolute Gasteiger partial charge is 0.335 e. The molecule has 0 radical (unpaired) electrons. The van der Waals surface area contributed by atoms with Gasteiger partial charge in [-0.05, 0) is 79.5 Å². The summed E-state index contributed by atoms with van der Waals surface area (Å²) in [4.78, 5) is 36.2. The predicted octanol–water partition coefficient (Wildman–Crippen LogP) is 5.98. The molecule has 3 aromatic rings. The number of nitrogens with zero attached hydrogens (tertiary/aromatic N) is 1. The third-order valence-corrected chi connectivity index (χ3v) is 7.17. The average Bonchev–Trinajstić information content (AvgIpc) is 3.37. The molecule has 4 rings (SSSR count). The molecular weight excluding hydrogens is 506 g/mol. The van der Waals surface area contributed by atoms with Crippen molar-refractivity contribution in [1.82, 2.24) is 4.90 Å². The van der Waals surface area contributed by atoms with Crippen LogP contribution in [0.3, 0.4) is 0 Å². The standard InChI is InChI=1S/C33H35NO6/c35-31-7-3-20-34(31)21-4-22-40-30-6-2-1-5-27(30)15-12-25(23-26-13-18-29(19-14-26)33(38)39)9-8-24-10-16-28(17-11-24)32(36)37/h1-2,5-6,10-19,25H,3-4,7-9,20-23H2,(H,36,37)(H,38,39)/b15-12+. The maximum atomic E-state index is 11.8. The third-order valence-electron chi connectivity index (χ3n) is 7.17. The Morgan fingerprint density at radius 1 is 0.900 bits per heavy atom. The summed E-state index contributed by atoms with van der Waals surface area (Å²) in [6.45, 7) is 2.08. The number of carbonyl (C=O) groups excluding carboxylic acids is 1. The van der Waals surface area contributed by atoms with Crippen LogP contribution in [-0.2, 0) is 17.6 Å². The molecule has 0 aliphatic carbocycles. The minimum absolute atomic E-state index is 0.157. The summed E-state index contributed by atoms with van der Waals surface area (Å²) in [5.74, 6) is -0.715. The Bertz CT molecular complexity index is 1330. The van der Waals surface area contributed by atoms with Gasteiger partial charge in [0.2, 0.25) is 5.91 Å². The second-order valence-electron chi connectivity index (χ2n) is 10.1. The maximum Gasteiger partial charge on any atom is 0.335 e. The molecule has 1 amide bonds. The first kappa shape index (κ1) is 28.6. The molecule has 1 saturated heterocycles. The summed E-state index contributed by atoms with van der Waals surface area (Å²) in [6.07, 6.45) is 8.94. The Morgan fingerprint density at radius 2 is 1.55 bits per heavy atom. The lowest BCUT2D eigenvalue weighted by molar-refractivity contribution is -0.127. The highest BCUT2D eigenvalue weighted by Gasteiger charge is 2.19. The normalized spacial score (nSPS) is 14.0. The van der Waals surface area contributed by atoms with Gasteiger partial charge >= 0.3 is 11.9 Å². The first-order valence-corrected chi connectivity index (χ1v) is 13.7. The molecule has 3 aromatic carbocycles. The molecule has 40 heavy (non-hydrogen) atoms. The lowest BCUT2D eigenvalue weighted by Crippen LogP contribution is -2.26. The van der Waals surface area contributed by atoms with Crippen LogP contribution in [0.4, 0.5) is 0 Å². The highest BCUT2D eigenvalue weighted by Crippen LogP contribution is 2.24. The molecule has 1 fully saturated rings. The van der Waals surface area contributed by atoms with E-state index >= 15 is 0 Å². The van der Waals surface area contributed by atoms with Gasteiger partial charge in [0, 0.05) is 25.1 Å². The molecule has 0 bridgehead atoms. The van der Waals surface area contributed by atoms with Gasteiger partial charge in [-0.3, -0.25) is 4.79 Å². The minimum atomic E-state index is -0.948. The number of hydrogen-bond acceptors (Lipinski definition) is 4. The highest BCUT2D eigenvalue weighted by molar-refractivity contribution is 5.88. The van der Waals surface area contributed by atoms with E-state index in [-0.39, 0.29) is 23.0 Å². The molecular formula is C33H35NO6. The van der Waals surface area contributed by atoms with Gasteiger partial charge in [-0.1, -0.05) is 54.6 Å².